The zero-order valence-corrected chi connectivity index (χ0v) is 15.3. The monoisotopic (exact) mass is 338 g/mol. The van der Waals surface area contributed by atoms with Crippen LogP contribution in [0.4, 0.5) is 5.82 Å². The van der Waals surface area contributed by atoms with Crippen molar-refractivity contribution in [3.63, 3.8) is 0 Å². The molecule has 5 nitrogen and oxygen atoms in total. The number of hydrogen-bond acceptors (Lipinski definition) is 4. The van der Waals surface area contributed by atoms with Gasteiger partial charge in [-0.1, -0.05) is 17.7 Å². The second-order valence-electron chi connectivity index (χ2n) is 6.83. The molecule has 132 valence electrons. The van der Waals surface area contributed by atoms with Crippen molar-refractivity contribution in [1.29, 1.82) is 0 Å². The molecule has 1 aromatic carbocycles. The maximum atomic E-state index is 12.5. The van der Waals surface area contributed by atoms with Crippen LogP contribution in [0.15, 0.2) is 24.3 Å². The molecule has 1 aliphatic rings. The summed E-state index contributed by atoms with van der Waals surface area (Å²) in [5, 5.41) is 2.96. The first kappa shape index (κ1) is 17.4. The Bertz CT molecular complexity index is 766. The molecule has 1 aromatic heterocycles. The Morgan fingerprint density at radius 3 is 2.60 bits per heavy atom. The Hall–Kier alpha value is -2.43. The molecule has 0 aliphatic carbocycles. The standard InChI is InChI=1S/C20H26N4O/c1-14-7-8-15(2)17(11-14)20(25)21-13-18-22-16(3)12-19(23-18)24-9-5-4-6-10-24/h7-8,11-12H,4-6,9-10,13H2,1-3H3,(H,21,25). The Morgan fingerprint density at radius 2 is 1.84 bits per heavy atom. The molecule has 25 heavy (non-hydrogen) atoms. The summed E-state index contributed by atoms with van der Waals surface area (Å²) in [6.45, 7) is 8.35. The Morgan fingerprint density at radius 1 is 1.08 bits per heavy atom. The molecule has 1 fully saturated rings. The molecule has 5 heteroatoms. The fourth-order valence-electron chi connectivity index (χ4n) is 3.21. The third-order valence-corrected chi connectivity index (χ3v) is 4.61. The highest BCUT2D eigenvalue weighted by Crippen LogP contribution is 2.18. The van der Waals surface area contributed by atoms with E-state index in [0.29, 0.717) is 17.9 Å². The summed E-state index contributed by atoms with van der Waals surface area (Å²) in [6, 6.07) is 7.94. The number of amides is 1. The SMILES string of the molecule is Cc1ccc(C)c(C(=O)NCc2nc(C)cc(N3CCCCC3)n2)c1. The quantitative estimate of drug-likeness (QED) is 0.929. The number of anilines is 1. The van der Waals surface area contributed by atoms with Crippen molar-refractivity contribution in [2.45, 2.75) is 46.6 Å². The summed E-state index contributed by atoms with van der Waals surface area (Å²) in [5.41, 5.74) is 3.70. The Kier molecular flexibility index (Phi) is 5.31. The average molecular weight is 338 g/mol. The van der Waals surface area contributed by atoms with E-state index >= 15 is 0 Å². The van der Waals surface area contributed by atoms with Gasteiger partial charge in [0.15, 0.2) is 0 Å². The first-order chi connectivity index (χ1) is 12.0. The first-order valence-electron chi connectivity index (χ1n) is 8.98. The van der Waals surface area contributed by atoms with E-state index in [4.69, 9.17) is 0 Å². The number of carbonyl (C=O) groups is 1. The van der Waals surface area contributed by atoms with Gasteiger partial charge in [-0.2, -0.15) is 0 Å². The maximum Gasteiger partial charge on any atom is 0.251 e. The number of aryl methyl sites for hydroxylation is 3. The number of carbonyl (C=O) groups excluding carboxylic acids is 1. The van der Waals surface area contributed by atoms with Crippen molar-refractivity contribution in [3.8, 4) is 0 Å². The van der Waals surface area contributed by atoms with E-state index in [1.165, 1.54) is 19.3 Å². The highest BCUT2D eigenvalue weighted by molar-refractivity contribution is 5.95. The molecular weight excluding hydrogens is 312 g/mol. The van der Waals surface area contributed by atoms with Gasteiger partial charge in [0.25, 0.3) is 5.91 Å². The zero-order valence-electron chi connectivity index (χ0n) is 15.3. The van der Waals surface area contributed by atoms with Crippen LogP contribution in [0.1, 0.15) is 52.3 Å². The minimum atomic E-state index is -0.0779. The molecule has 0 spiro atoms. The largest absolute Gasteiger partial charge is 0.357 e. The Balaban J connectivity index is 1.71. The molecule has 0 bridgehead atoms. The van der Waals surface area contributed by atoms with E-state index in [9.17, 15) is 4.79 Å². The van der Waals surface area contributed by atoms with Crippen molar-refractivity contribution >= 4 is 11.7 Å². The molecule has 1 aliphatic heterocycles. The van der Waals surface area contributed by atoms with E-state index in [1.807, 2.05) is 45.0 Å². The van der Waals surface area contributed by atoms with E-state index < -0.39 is 0 Å². The molecule has 0 saturated carbocycles. The van der Waals surface area contributed by atoms with Crippen LogP contribution in [0.25, 0.3) is 0 Å². The molecule has 3 rings (SSSR count). The van der Waals surface area contributed by atoms with Crippen LogP contribution < -0.4 is 10.2 Å². The van der Waals surface area contributed by atoms with Crippen LogP contribution in [-0.2, 0) is 6.54 Å². The highest BCUT2D eigenvalue weighted by Gasteiger charge is 2.15. The van der Waals surface area contributed by atoms with Gasteiger partial charge in [-0.15, -0.1) is 0 Å². The zero-order chi connectivity index (χ0) is 17.8. The Labute approximate surface area is 149 Å². The third kappa shape index (κ3) is 4.35. The smallest absolute Gasteiger partial charge is 0.251 e. The maximum absolute atomic E-state index is 12.5. The molecule has 2 aromatic rings. The highest BCUT2D eigenvalue weighted by atomic mass is 16.1. The van der Waals surface area contributed by atoms with Crippen LogP contribution in [0, 0.1) is 20.8 Å². The number of rotatable bonds is 4. The fourth-order valence-corrected chi connectivity index (χ4v) is 3.21. The van der Waals surface area contributed by atoms with Gasteiger partial charge < -0.3 is 10.2 Å². The molecule has 2 heterocycles. The van der Waals surface area contributed by atoms with Crippen LogP contribution in [0.2, 0.25) is 0 Å². The summed E-state index contributed by atoms with van der Waals surface area (Å²) in [5.74, 6) is 1.56. The molecule has 0 unspecified atom stereocenters. The van der Waals surface area contributed by atoms with Gasteiger partial charge in [-0.3, -0.25) is 4.79 Å². The van der Waals surface area contributed by atoms with Crippen molar-refractivity contribution in [2.24, 2.45) is 0 Å². The van der Waals surface area contributed by atoms with E-state index in [1.54, 1.807) is 0 Å². The van der Waals surface area contributed by atoms with Gasteiger partial charge >= 0.3 is 0 Å². The van der Waals surface area contributed by atoms with Crippen molar-refractivity contribution in [2.75, 3.05) is 18.0 Å². The molecule has 1 amide bonds. The van der Waals surface area contributed by atoms with Gasteiger partial charge in [-0.05, 0) is 51.7 Å². The number of piperidine rings is 1. The lowest BCUT2D eigenvalue weighted by atomic mass is 10.1. The van der Waals surface area contributed by atoms with Gasteiger partial charge in [0.1, 0.15) is 11.6 Å². The molecule has 0 radical (unpaired) electrons. The second-order valence-corrected chi connectivity index (χ2v) is 6.83. The lowest BCUT2D eigenvalue weighted by Crippen LogP contribution is -2.31. The number of benzene rings is 1. The summed E-state index contributed by atoms with van der Waals surface area (Å²) in [6.07, 6.45) is 3.71. The molecule has 1 N–H and O–H groups in total. The van der Waals surface area contributed by atoms with Gasteiger partial charge in [-0.25, -0.2) is 9.97 Å². The fraction of sp³-hybridized carbons (Fsp3) is 0.450. The molecular formula is C20H26N4O. The number of nitrogens with zero attached hydrogens (tertiary/aromatic N) is 3. The van der Waals surface area contributed by atoms with E-state index in [-0.39, 0.29) is 5.91 Å². The normalized spacial score (nSPS) is 14.4. The predicted octanol–water partition coefficient (Wildman–Crippen LogP) is 3.32. The number of nitrogens with one attached hydrogen (secondary N) is 1. The van der Waals surface area contributed by atoms with E-state index in [0.717, 1.165) is 35.7 Å². The van der Waals surface area contributed by atoms with Crippen molar-refractivity contribution in [3.05, 3.63) is 52.5 Å². The van der Waals surface area contributed by atoms with E-state index in [2.05, 4.69) is 20.2 Å². The van der Waals surface area contributed by atoms with Crippen LogP contribution in [0.5, 0.6) is 0 Å². The minimum Gasteiger partial charge on any atom is -0.357 e. The van der Waals surface area contributed by atoms with Crippen molar-refractivity contribution < 1.29 is 4.79 Å². The summed E-state index contributed by atoms with van der Waals surface area (Å²) in [7, 11) is 0. The molecule has 1 saturated heterocycles. The van der Waals surface area contributed by atoms with Gasteiger partial charge in [0.2, 0.25) is 0 Å². The number of aromatic nitrogens is 2. The van der Waals surface area contributed by atoms with Gasteiger partial charge in [0, 0.05) is 30.4 Å². The van der Waals surface area contributed by atoms with Crippen LogP contribution >= 0.6 is 0 Å². The van der Waals surface area contributed by atoms with Crippen LogP contribution in [0.3, 0.4) is 0 Å². The third-order valence-electron chi connectivity index (χ3n) is 4.61. The molecule has 0 atom stereocenters. The second kappa shape index (κ2) is 7.64. The average Bonchev–Trinajstić information content (AvgIpc) is 2.62. The van der Waals surface area contributed by atoms with Crippen molar-refractivity contribution in [1.82, 2.24) is 15.3 Å². The summed E-state index contributed by atoms with van der Waals surface area (Å²) < 4.78 is 0. The lowest BCUT2D eigenvalue weighted by Gasteiger charge is -2.28. The summed E-state index contributed by atoms with van der Waals surface area (Å²) >= 11 is 0. The first-order valence-corrected chi connectivity index (χ1v) is 8.98. The minimum absolute atomic E-state index is 0.0779. The predicted molar refractivity (Wildman–Crippen MR) is 99.9 cm³/mol. The number of hydrogen-bond donors (Lipinski definition) is 1. The lowest BCUT2D eigenvalue weighted by molar-refractivity contribution is 0.0949. The van der Waals surface area contributed by atoms with Gasteiger partial charge in [0.05, 0.1) is 6.54 Å². The van der Waals surface area contributed by atoms with Crippen LogP contribution in [-0.4, -0.2) is 29.0 Å². The topological polar surface area (TPSA) is 58.1 Å². The summed E-state index contributed by atoms with van der Waals surface area (Å²) in [4.78, 5) is 23.9.